The summed E-state index contributed by atoms with van der Waals surface area (Å²) >= 11 is 0. The number of hydrogen-bond acceptors (Lipinski definition) is 7. The molecule has 0 saturated heterocycles. The maximum atomic E-state index is 13.6. The standard InChI is InChI=1S/C28H31NO7/c1-6-15-36-23-14-9-19(17-24(23)34-7-2)16-22-25(28(32)33-5)18(4)29(26(22)30)21-12-10-20(11-13-21)27(31)35-8-3/h9-14,16-17H,6-8,15H2,1-5H3/b22-16-. The number of benzene rings is 2. The van der Waals surface area contributed by atoms with E-state index in [0.717, 1.165) is 6.42 Å². The summed E-state index contributed by atoms with van der Waals surface area (Å²) in [6.07, 6.45) is 2.49. The minimum Gasteiger partial charge on any atom is -0.490 e. The van der Waals surface area contributed by atoms with E-state index in [1.807, 2.05) is 13.8 Å². The van der Waals surface area contributed by atoms with Gasteiger partial charge >= 0.3 is 11.9 Å². The first kappa shape index (κ1) is 26.5. The number of nitrogens with zero attached hydrogens (tertiary/aromatic N) is 1. The van der Waals surface area contributed by atoms with Gasteiger partial charge in [-0.15, -0.1) is 0 Å². The summed E-state index contributed by atoms with van der Waals surface area (Å²) in [6, 6.07) is 11.8. The number of allylic oxidation sites excluding steroid dienone is 1. The Morgan fingerprint density at radius 2 is 1.64 bits per heavy atom. The third kappa shape index (κ3) is 5.59. The third-order valence-corrected chi connectivity index (χ3v) is 5.47. The first-order chi connectivity index (χ1) is 17.4. The van der Waals surface area contributed by atoms with E-state index in [2.05, 4.69) is 0 Å². The van der Waals surface area contributed by atoms with Crippen LogP contribution in [0.5, 0.6) is 11.5 Å². The number of amides is 1. The highest BCUT2D eigenvalue weighted by Gasteiger charge is 2.38. The van der Waals surface area contributed by atoms with Crippen molar-refractivity contribution in [1.82, 2.24) is 0 Å². The molecule has 3 rings (SSSR count). The second-order valence-electron chi connectivity index (χ2n) is 7.91. The molecule has 190 valence electrons. The van der Waals surface area contributed by atoms with Gasteiger partial charge in [0.1, 0.15) is 0 Å². The Morgan fingerprint density at radius 3 is 2.25 bits per heavy atom. The molecule has 0 spiro atoms. The van der Waals surface area contributed by atoms with Crippen LogP contribution in [0.25, 0.3) is 6.08 Å². The van der Waals surface area contributed by atoms with Gasteiger partial charge in [0.2, 0.25) is 0 Å². The van der Waals surface area contributed by atoms with Crippen molar-refractivity contribution in [2.75, 3.05) is 31.8 Å². The van der Waals surface area contributed by atoms with E-state index in [-0.39, 0.29) is 23.7 Å². The number of carbonyl (C=O) groups is 3. The van der Waals surface area contributed by atoms with Crippen LogP contribution in [-0.4, -0.2) is 44.8 Å². The summed E-state index contributed by atoms with van der Waals surface area (Å²) in [7, 11) is 1.27. The number of hydrogen-bond donors (Lipinski definition) is 0. The van der Waals surface area contributed by atoms with Crippen LogP contribution in [0.1, 0.15) is 50.0 Å². The molecular weight excluding hydrogens is 462 g/mol. The number of methoxy groups -OCH3 is 1. The number of esters is 2. The predicted molar refractivity (Wildman–Crippen MR) is 136 cm³/mol. The van der Waals surface area contributed by atoms with Crippen molar-refractivity contribution in [3.05, 3.63) is 70.4 Å². The predicted octanol–water partition coefficient (Wildman–Crippen LogP) is 4.93. The first-order valence-corrected chi connectivity index (χ1v) is 11.9. The highest BCUT2D eigenvalue weighted by Crippen LogP contribution is 2.37. The molecule has 0 unspecified atom stereocenters. The van der Waals surface area contributed by atoms with E-state index in [1.165, 1.54) is 12.0 Å². The fourth-order valence-electron chi connectivity index (χ4n) is 3.83. The van der Waals surface area contributed by atoms with E-state index in [9.17, 15) is 14.4 Å². The van der Waals surface area contributed by atoms with E-state index in [4.69, 9.17) is 18.9 Å². The van der Waals surface area contributed by atoms with Crippen molar-refractivity contribution in [3.8, 4) is 11.5 Å². The minimum absolute atomic E-state index is 0.168. The van der Waals surface area contributed by atoms with Crippen LogP contribution < -0.4 is 14.4 Å². The molecule has 8 heteroatoms. The molecule has 0 radical (unpaired) electrons. The van der Waals surface area contributed by atoms with Crippen LogP contribution in [0, 0.1) is 0 Å². The highest BCUT2D eigenvalue weighted by atomic mass is 16.5. The monoisotopic (exact) mass is 493 g/mol. The fraction of sp³-hybridized carbons (Fsp3) is 0.321. The van der Waals surface area contributed by atoms with Crippen molar-refractivity contribution in [3.63, 3.8) is 0 Å². The molecule has 1 aliphatic heterocycles. The van der Waals surface area contributed by atoms with Gasteiger partial charge in [-0.3, -0.25) is 9.69 Å². The van der Waals surface area contributed by atoms with Crippen molar-refractivity contribution in [1.29, 1.82) is 0 Å². The van der Waals surface area contributed by atoms with Crippen molar-refractivity contribution < 1.29 is 33.3 Å². The van der Waals surface area contributed by atoms with Gasteiger partial charge in [-0.05, 0) is 75.2 Å². The summed E-state index contributed by atoms with van der Waals surface area (Å²) in [5.41, 5.74) is 2.33. The van der Waals surface area contributed by atoms with Gasteiger partial charge in [-0.2, -0.15) is 0 Å². The van der Waals surface area contributed by atoms with Gasteiger partial charge < -0.3 is 18.9 Å². The fourth-order valence-corrected chi connectivity index (χ4v) is 3.83. The van der Waals surface area contributed by atoms with Gasteiger partial charge in [0.25, 0.3) is 5.91 Å². The molecule has 36 heavy (non-hydrogen) atoms. The average Bonchev–Trinajstić information content (AvgIpc) is 3.12. The summed E-state index contributed by atoms with van der Waals surface area (Å²) in [5.74, 6) is -0.289. The number of carbonyl (C=O) groups excluding carboxylic acids is 3. The minimum atomic E-state index is -0.620. The number of anilines is 1. The van der Waals surface area contributed by atoms with Crippen LogP contribution in [-0.2, 0) is 19.1 Å². The molecule has 8 nitrogen and oxygen atoms in total. The van der Waals surface area contributed by atoms with Gasteiger partial charge in [-0.25, -0.2) is 9.59 Å². The second kappa shape index (κ2) is 12.1. The Kier molecular flexibility index (Phi) is 8.89. The molecule has 1 aliphatic rings. The molecule has 0 bridgehead atoms. The lowest BCUT2D eigenvalue weighted by molar-refractivity contribution is -0.136. The molecule has 2 aromatic rings. The van der Waals surface area contributed by atoms with Gasteiger partial charge in [-0.1, -0.05) is 13.0 Å². The zero-order chi connectivity index (χ0) is 26.2. The van der Waals surface area contributed by atoms with Crippen LogP contribution in [0.4, 0.5) is 5.69 Å². The maximum absolute atomic E-state index is 13.6. The van der Waals surface area contributed by atoms with Gasteiger partial charge in [0.05, 0.1) is 43.6 Å². The summed E-state index contributed by atoms with van der Waals surface area (Å²) in [4.78, 5) is 39.7. The molecular formula is C28H31NO7. The molecule has 0 N–H and O–H groups in total. The van der Waals surface area contributed by atoms with Crippen LogP contribution in [0.2, 0.25) is 0 Å². The Balaban J connectivity index is 2.02. The molecule has 0 atom stereocenters. The molecule has 1 amide bonds. The van der Waals surface area contributed by atoms with Gasteiger partial charge in [0.15, 0.2) is 11.5 Å². The SMILES string of the molecule is CCCOc1ccc(/C=C2\C(=O)N(c3ccc(C(=O)OCC)cc3)C(C)=C2C(=O)OC)cc1OCC. The molecule has 0 saturated carbocycles. The zero-order valence-corrected chi connectivity index (χ0v) is 21.3. The summed E-state index contributed by atoms with van der Waals surface area (Å²) in [5, 5.41) is 0. The largest absolute Gasteiger partial charge is 0.490 e. The Bertz CT molecular complexity index is 1190. The van der Waals surface area contributed by atoms with Gasteiger partial charge in [0, 0.05) is 11.4 Å². The average molecular weight is 494 g/mol. The number of rotatable bonds is 10. The Labute approximate surface area is 211 Å². The first-order valence-electron chi connectivity index (χ1n) is 11.9. The van der Waals surface area contributed by atoms with Crippen molar-refractivity contribution in [2.24, 2.45) is 0 Å². The van der Waals surface area contributed by atoms with Crippen LogP contribution in [0.15, 0.2) is 59.3 Å². The molecule has 0 aromatic heterocycles. The van der Waals surface area contributed by atoms with E-state index < -0.39 is 11.9 Å². The lowest BCUT2D eigenvalue weighted by Gasteiger charge is -2.18. The highest BCUT2D eigenvalue weighted by molar-refractivity contribution is 6.23. The summed E-state index contributed by atoms with van der Waals surface area (Å²) in [6.45, 7) is 8.57. The smallest absolute Gasteiger partial charge is 0.340 e. The molecule has 0 aliphatic carbocycles. The van der Waals surface area contributed by atoms with E-state index in [1.54, 1.807) is 62.4 Å². The van der Waals surface area contributed by atoms with Crippen molar-refractivity contribution >= 4 is 29.6 Å². The summed E-state index contributed by atoms with van der Waals surface area (Å²) < 4.78 is 21.5. The maximum Gasteiger partial charge on any atom is 0.340 e. The lowest BCUT2D eigenvalue weighted by atomic mass is 10.0. The molecule has 2 aromatic carbocycles. The number of ether oxygens (including phenoxy) is 4. The van der Waals surface area contributed by atoms with E-state index >= 15 is 0 Å². The lowest BCUT2D eigenvalue weighted by Crippen LogP contribution is -2.24. The topological polar surface area (TPSA) is 91.4 Å². The Hall–Kier alpha value is -4.07. The Morgan fingerprint density at radius 1 is 0.917 bits per heavy atom. The molecule has 0 fully saturated rings. The van der Waals surface area contributed by atoms with Crippen LogP contribution >= 0.6 is 0 Å². The third-order valence-electron chi connectivity index (χ3n) is 5.47. The normalized spacial score (nSPS) is 14.3. The van der Waals surface area contributed by atoms with E-state index in [0.29, 0.717) is 47.2 Å². The quantitative estimate of drug-likeness (QED) is 0.342. The van der Waals surface area contributed by atoms with Crippen LogP contribution in [0.3, 0.4) is 0 Å². The zero-order valence-electron chi connectivity index (χ0n) is 21.3. The van der Waals surface area contributed by atoms with Crippen molar-refractivity contribution in [2.45, 2.75) is 34.1 Å². The second-order valence-corrected chi connectivity index (χ2v) is 7.91. The molecule has 1 heterocycles.